The molecule has 0 aliphatic carbocycles. The minimum absolute atomic E-state index is 0.155. The van der Waals surface area contributed by atoms with E-state index in [-0.39, 0.29) is 5.56 Å². The van der Waals surface area contributed by atoms with Gasteiger partial charge in [-0.1, -0.05) is 30.3 Å². The van der Waals surface area contributed by atoms with E-state index in [0.717, 1.165) is 6.92 Å². The minimum atomic E-state index is -4.70. The van der Waals surface area contributed by atoms with Crippen molar-refractivity contribution in [1.29, 1.82) is 0 Å². The molecule has 0 fully saturated rings. The molecule has 0 unspecified atom stereocenters. The van der Waals surface area contributed by atoms with Crippen molar-refractivity contribution in [2.24, 2.45) is 0 Å². The lowest BCUT2D eigenvalue weighted by Gasteiger charge is -2.28. The van der Waals surface area contributed by atoms with Crippen LogP contribution in [0.15, 0.2) is 30.3 Å². The second-order valence-corrected chi connectivity index (χ2v) is 3.61. The number of carbonyl (C=O) groups excluding carboxylic acids is 1. The van der Waals surface area contributed by atoms with Gasteiger partial charge in [-0.3, -0.25) is 4.79 Å². The van der Waals surface area contributed by atoms with Crippen molar-refractivity contribution in [3.8, 4) is 0 Å². The largest absolute Gasteiger partial charge is 0.406 e. The Hall–Kier alpha value is -1.03. The Morgan fingerprint density at radius 3 is 2.00 bits per heavy atom. The number of rotatable bonds is 2. The summed E-state index contributed by atoms with van der Waals surface area (Å²) in [4.78, 5) is 11.0. The first kappa shape index (κ1) is 12.0. The Balaban J connectivity index is 3.32. The van der Waals surface area contributed by atoms with Crippen LogP contribution in [0, 0.1) is 0 Å². The van der Waals surface area contributed by atoms with Crippen LogP contribution in [0.3, 0.4) is 0 Å². The standard InChI is InChI=1S/C10H8ClF3O/c1-9(8(11)15,10(12,13)14)7-5-3-2-4-6-7/h2-6H,1H3/t9-/m1/s1. The number of hydrogen-bond acceptors (Lipinski definition) is 1. The second kappa shape index (κ2) is 3.85. The van der Waals surface area contributed by atoms with E-state index in [2.05, 4.69) is 0 Å². The number of carbonyl (C=O) groups is 1. The number of alkyl halides is 3. The minimum Gasteiger partial charge on any atom is -0.280 e. The average molecular weight is 237 g/mol. The van der Waals surface area contributed by atoms with E-state index in [4.69, 9.17) is 11.6 Å². The number of halogens is 4. The first-order valence-electron chi connectivity index (χ1n) is 4.12. The fourth-order valence-electron chi connectivity index (χ4n) is 1.16. The van der Waals surface area contributed by atoms with Gasteiger partial charge in [0.15, 0.2) is 5.41 Å². The molecule has 0 saturated carbocycles. The summed E-state index contributed by atoms with van der Waals surface area (Å²) in [6.45, 7) is 0.775. The number of benzene rings is 1. The molecule has 0 bridgehead atoms. The van der Waals surface area contributed by atoms with Crippen LogP contribution in [0.4, 0.5) is 13.2 Å². The maximum atomic E-state index is 12.7. The molecule has 0 amide bonds. The molecule has 1 aromatic carbocycles. The predicted octanol–water partition coefficient (Wildman–Crippen LogP) is 3.27. The molecule has 0 radical (unpaired) electrons. The van der Waals surface area contributed by atoms with E-state index in [1.54, 1.807) is 6.07 Å². The SMILES string of the molecule is C[C@](C(=O)Cl)(c1ccccc1)C(F)(F)F. The molecule has 15 heavy (non-hydrogen) atoms. The Kier molecular flexibility index (Phi) is 3.09. The van der Waals surface area contributed by atoms with E-state index in [9.17, 15) is 18.0 Å². The lowest BCUT2D eigenvalue weighted by Crippen LogP contribution is -2.44. The molecule has 0 aliphatic rings. The highest BCUT2D eigenvalue weighted by atomic mass is 35.5. The van der Waals surface area contributed by atoms with Gasteiger partial charge in [0, 0.05) is 0 Å². The molecule has 0 N–H and O–H groups in total. The zero-order valence-corrected chi connectivity index (χ0v) is 8.56. The van der Waals surface area contributed by atoms with Crippen LogP contribution in [0.5, 0.6) is 0 Å². The highest BCUT2D eigenvalue weighted by Gasteiger charge is 2.57. The van der Waals surface area contributed by atoms with Crippen molar-refractivity contribution < 1.29 is 18.0 Å². The summed E-state index contributed by atoms with van der Waals surface area (Å²) >= 11 is 5.05. The van der Waals surface area contributed by atoms with Crippen molar-refractivity contribution in [2.75, 3.05) is 0 Å². The molecule has 0 heterocycles. The maximum Gasteiger partial charge on any atom is 0.406 e. The molecular weight excluding hydrogens is 229 g/mol. The quantitative estimate of drug-likeness (QED) is 0.721. The molecule has 0 saturated heterocycles. The zero-order chi connectivity index (χ0) is 11.7. The van der Waals surface area contributed by atoms with Crippen molar-refractivity contribution in [1.82, 2.24) is 0 Å². The van der Waals surface area contributed by atoms with Crippen LogP contribution in [0.25, 0.3) is 0 Å². The van der Waals surface area contributed by atoms with E-state index in [1.165, 1.54) is 24.3 Å². The molecule has 1 aromatic rings. The van der Waals surface area contributed by atoms with Gasteiger partial charge in [0.05, 0.1) is 0 Å². The van der Waals surface area contributed by atoms with Gasteiger partial charge in [0.2, 0.25) is 5.24 Å². The van der Waals surface area contributed by atoms with Crippen LogP contribution >= 0.6 is 11.6 Å². The second-order valence-electron chi connectivity index (χ2n) is 3.26. The third-order valence-electron chi connectivity index (χ3n) is 2.31. The molecule has 1 atom stereocenters. The summed E-state index contributed by atoms with van der Waals surface area (Å²) in [6, 6.07) is 6.89. The third-order valence-corrected chi connectivity index (χ3v) is 2.69. The van der Waals surface area contributed by atoms with Crippen molar-refractivity contribution in [3.63, 3.8) is 0 Å². The van der Waals surface area contributed by atoms with E-state index in [1.807, 2.05) is 0 Å². The van der Waals surface area contributed by atoms with E-state index in [0.29, 0.717) is 0 Å². The van der Waals surface area contributed by atoms with Crippen LogP contribution < -0.4 is 0 Å². The van der Waals surface area contributed by atoms with Gasteiger partial charge < -0.3 is 0 Å². The smallest absolute Gasteiger partial charge is 0.280 e. The summed E-state index contributed by atoms with van der Waals surface area (Å²) in [6.07, 6.45) is -4.70. The van der Waals surface area contributed by atoms with Gasteiger partial charge in [-0.2, -0.15) is 13.2 Å². The topological polar surface area (TPSA) is 17.1 Å². The predicted molar refractivity (Wildman–Crippen MR) is 50.7 cm³/mol. The molecule has 5 heteroatoms. The van der Waals surface area contributed by atoms with Crippen LogP contribution in [0.2, 0.25) is 0 Å². The average Bonchev–Trinajstić information content (AvgIpc) is 2.16. The fourth-order valence-corrected chi connectivity index (χ4v) is 1.38. The first-order chi connectivity index (χ1) is 6.80. The summed E-state index contributed by atoms with van der Waals surface area (Å²) < 4.78 is 38.2. The zero-order valence-electron chi connectivity index (χ0n) is 7.81. The highest BCUT2D eigenvalue weighted by Crippen LogP contribution is 2.42. The van der Waals surface area contributed by atoms with E-state index < -0.39 is 16.8 Å². The molecule has 0 spiro atoms. The van der Waals surface area contributed by atoms with Gasteiger partial charge in [-0.05, 0) is 24.1 Å². The Bertz CT molecular complexity index is 361. The van der Waals surface area contributed by atoms with Gasteiger partial charge >= 0.3 is 6.18 Å². The monoisotopic (exact) mass is 236 g/mol. The van der Waals surface area contributed by atoms with Crippen LogP contribution in [-0.2, 0) is 10.2 Å². The lowest BCUT2D eigenvalue weighted by atomic mass is 9.83. The number of hydrogen-bond donors (Lipinski definition) is 0. The normalized spacial score (nSPS) is 15.8. The van der Waals surface area contributed by atoms with E-state index >= 15 is 0 Å². The van der Waals surface area contributed by atoms with Gasteiger partial charge in [-0.25, -0.2) is 0 Å². The summed E-state index contributed by atoms with van der Waals surface area (Å²) in [5.41, 5.74) is -2.80. The van der Waals surface area contributed by atoms with Crippen molar-refractivity contribution in [2.45, 2.75) is 18.5 Å². The molecular formula is C10H8ClF3O. The highest BCUT2D eigenvalue weighted by molar-refractivity contribution is 6.65. The van der Waals surface area contributed by atoms with Gasteiger partial charge in [0.1, 0.15) is 0 Å². The van der Waals surface area contributed by atoms with Crippen molar-refractivity contribution >= 4 is 16.8 Å². The fraction of sp³-hybridized carbons (Fsp3) is 0.300. The summed E-state index contributed by atoms with van der Waals surface area (Å²) in [5, 5.41) is -1.43. The molecule has 0 aromatic heterocycles. The lowest BCUT2D eigenvalue weighted by molar-refractivity contribution is -0.185. The summed E-state index contributed by atoms with van der Waals surface area (Å²) in [5.74, 6) is 0. The summed E-state index contributed by atoms with van der Waals surface area (Å²) in [7, 11) is 0. The molecule has 0 aliphatic heterocycles. The van der Waals surface area contributed by atoms with Crippen LogP contribution in [0.1, 0.15) is 12.5 Å². The van der Waals surface area contributed by atoms with Crippen molar-refractivity contribution in [3.05, 3.63) is 35.9 Å². The molecule has 1 nitrogen and oxygen atoms in total. The van der Waals surface area contributed by atoms with Gasteiger partial charge in [0.25, 0.3) is 0 Å². The molecule has 82 valence electrons. The first-order valence-corrected chi connectivity index (χ1v) is 4.50. The Labute approximate surface area is 89.9 Å². The Morgan fingerprint density at radius 2 is 1.67 bits per heavy atom. The molecule has 1 rings (SSSR count). The van der Waals surface area contributed by atoms with Crippen LogP contribution in [-0.4, -0.2) is 11.4 Å². The Morgan fingerprint density at radius 1 is 1.20 bits per heavy atom. The maximum absolute atomic E-state index is 12.7. The van der Waals surface area contributed by atoms with Gasteiger partial charge in [-0.15, -0.1) is 0 Å². The third kappa shape index (κ3) is 2.00.